The van der Waals surface area contributed by atoms with Gasteiger partial charge in [0.15, 0.2) is 0 Å². The molecule has 1 N–H and O–H groups in total. The largest absolute Gasteiger partial charge is 0.310 e. The predicted octanol–water partition coefficient (Wildman–Crippen LogP) is 4.71. The molecule has 102 valence electrons. The second-order valence-electron chi connectivity index (χ2n) is 4.23. The third-order valence-electron chi connectivity index (χ3n) is 2.75. The van der Waals surface area contributed by atoms with Crippen LogP contribution in [0, 0.1) is 6.92 Å². The topological polar surface area (TPSA) is 37.8 Å². The van der Waals surface area contributed by atoms with Crippen molar-refractivity contribution in [2.75, 3.05) is 6.54 Å². The van der Waals surface area contributed by atoms with Gasteiger partial charge in [-0.3, -0.25) is 4.98 Å². The Labute approximate surface area is 134 Å². The highest BCUT2D eigenvalue weighted by Crippen LogP contribution is 2.35. The molecule has 0 spiro atoms. The van der Waals surface area contributed by atoms with Gasteiger partial charge < -0.3 is 5.32 Å². The van der Waals surface area contributed by atoms with Crippen molar-refractivity contribution in [1.82, 2.24) is 15.3 Å². The number of hydrogen-bond acceptors (Lipinski definition) is 4. The molecular formula is C13H15Br2N3S. The van der Waals surface area contributed by atoms with E-state index in [4.69, 9.17) is 0 Å². The van der Waals surface area contributed by atoms with Crippen molar-refractivity contribution in [3.05, 3.63) is 31.8 Å². The number of nitrogens with zero attached hydrogens (tertiary/aromatic N) is 2. The first-order valence-electron chi connectivity index (χ1n) is 6.05. The van der Waals surface area contributed by atoms with Crippen LogP contribution in [0.5, 0.6) is 0 Å². The number of halogens is 2. The molecule has 2 aromatic rings. The van der Waals surface area contributed by atoms with Crippen molar-refractivity contribution in [2.24, 2.45) is 0 Å². The van der Waals surface area contributed by atoms with Crippen molar-refractivity contribution in [3.8, 4) is 10.7 Å². The average Bonchev–Trinajstić information content (AvgIpc) is 2.71. The smallest absolute Gasteiger partial charge is 0.143 e. The van der Waals surface area contributed by atoms with Gasteiger partial charge in [0.25, 0.3) is 0 Å². The standard InChI is InChI=1S/C13H15Br2N3S/c1-4-16-7(2)12-8(3)18-13(19-12)11-10(15)5-9(14)6-17-11/h5-7,16H,4H2,1-3H3. The Morgan fingerprint density at radius 1 is 1.42 bits per heavy atom. The van der Waals surface area contributed by atoms with Crippen LogP contribution in [0.25, 0.3) is 10.7 Å². The SMILES string of the molecule is CCNC(C)c1sc(-c2ncc(Br)cc2Br)nc1C. The zero-order valence-electron chi connectivity index (χ0n) is 11.0. The summed E-state index contributed by atoms with van der Waals surface area (Å²) < 4.78 is 1.91. The van der Waals surface area contributed by atoms with Crippen LogP contribution in [0.3, 0.4) is 0 Å². The van der Waals surface area contributed by atoms with Crippen LogP contribution in [-0.4, -0.2) is 16.5 Å². The van der Waals surface area contributed by atoms with Crippen molar-refractivity contribution in [2.45, 2.75) is 26.8 Å². The fraction of sp³-hybridized carbons (Fsp3) is 0.385. The minimum atomic E-state index is 0.325. The summed E-state index contributed by atoms with van der Waals surface area (Å²) in [5.74, 6) is 0. The molecular weight excluding hydrogens is 390 g/mol. The summed E-state index contributed by atoms with van der Waals surface area (Å²) >= 11 is 8.66. The van der Waals surface area contributed by atoms with Crippen LogP contribution in [0.1, 0.15) is 30.5 Å². The molecule has 3 nitrogen and oxygen atoms in total. The average molecular weight is 405 g/mol. The predicted molar refractivity (Wildman–Crippen MR) is 87.6 cm³/mol. The van der Waals surface area contributed by atoms with E-state index in [-0.39, 0.29) is 0 Å². The molecule has 0 radical (unpaired) electrons. The van der Waals surface area contributed by atoms with Gasteiger partial charge in [0.05, 0.1) is 5.69 Å². The first-order valence-corrected chi connectivity index (χ1v) is 8.45. The quantitative estimate of drug-likeness (QED) is 0.801. The van der Waals surface area contributed by atoms with Crippen molar-refractivity contribution in [1.29, 1.82) is 0 Å². The maximum absolute atomic E-state index is 4.65. The van der Waals surface area contributed by atoms with E-state index >= 15 is 0 Å². The third-order valence-corrected chi connectivity index (χ3v) is 5.13. The number of rotatable bonds is 4. The molecule has 0 aliphatic heterocycles. The molecule has 1 atom stereocenters. The Morgan fingerprint density at radius 2 is 2.16 bits per heavy atom. The summed E-state index contributed by atoms with van der Waals surface area (Å²) in [4.78, 5) is 10.4. The van der Waals surface area contributed by atoms with E-state index in [2.05, 4.69) is 67.9 Å². The highest BCUT2D eigenvalue weighted by Gasteiger charge is 2.16. The Hall–Kier alpha value is -0.300. The number of pyridine rings is 1. The molecule has 2 aromatic heterocycles. The molecule has 2 heterocycles. The minimum Gasteiger partial charge on any atom is -0.310 e. The number of hydrogen-bond donors (Lipinski definition) is 1. The Morgan fingerprint density at radius 3 is 2.79 bits per heavy atom. The normalized spacial score (nSPS) is 12.7. The zero-order valence-corrected chi connectivity index (χ0v) is 15.0. The lowest BCUT2D eigenvalue weighted by Crippen LogP contribution is -2.17. The lowest BCUT2D eigenvalue weighted by molar-refractivity contribution is 0.603. The first kappa shape index (κ1) is 15.1. The van der Waals surface area contributed by atoms with Gasteiger partial charge in [0.2, 0.25) is 0 Å². The lowest BCUT2D eigenvalue weighted by Gasteiger charge is -2.09. The first-order chi connectivity index (χ1) is 9.02. The fourth-order valence-corrected chi connectivity index (χ4v) is 4.29. The highest BCUT2D eigenvalue weighted by atomic mass is 79.9. The zero-order chi connectivity index (χ0) is 14.0. The summed E-state index contributed by atoms with van der Waals surface area (Å²) in [6.45, 7) is 7.28. The Kier molecular flexibility index (Phi) is 5.11. The lowest BCUT2D eigenvalue weighted by atomic mass is 10.2. The van der Waals surface area contributed by atoms with Crippen LogP contribution in [0.4, 0.5) is 0 Å². The van der Waals surface area contributed by atoms with E-state index in [1.54, 1.807) is 17.5 Å². The van der Waals surface area contributed by atoms with Gasteiger partial charge in [-0.1, -0.05) is 6.92 Å². The third kappa shape index (κ3) is 3.42. The van der Waals surface area contributed by atoms with Gasteiger partial charge in [-0.05, 0) is 58.3 Å². The van der Waals surface area contributed by atoms with Gasteiger partial charge in [0, 0.05) is 26.1 Å². The van der Waals surface area contributed by atoms with Crippen molar-refractivity contribution >= 4 is 43.2 Å². The molecule has 0 aliphatic rings. The second kappa shape index (κ2) is 6.43. The molecule has 6 heteroatoms. The van der Waals surface area contributed by atoms with Crippen molar-refractivity contribution < 1.29 is 0 Å². The van der Waals surface area contributed by atoms with Crippen molar-refractivity contribution in [3.63, 3.8) is 0 Å². The monoisotopic (exact) mass is 403 g/mol. The van der Waals surface area contributed by atoms with E-state index in [0.717, 1.165) is 31.9 Å². The van der Waals surface area contributed by atoms with Gasteiger partial charge in [-0.15, -0.1) is 11.3 Å². The van der Waals surface area contributed by atoms with Gasteiger partial charge in [-0.2, -0.15) is 0 Å². The summed E-state index contributed by atoms with van der Waals surface area (Å²) in [6, 6.07) is 2.32. The Bertz CT molecular complexity index is 583. The maximum Gasteiger partial charge on any atom is 0.143 e. The van der Waals surface area contributed by atoms with E-state index in [9.17, 15) is 0 Å². The highest BCUT2D eigenvalue weighted by molar-refractivity contribution is 9.11. The summed E-state index contributed by atoms with van der Waals surface area (Å²) in [6.07, 6.45) is 1.80. The second-order valence-corrected chi connectivity index (χ2v) is 7.03. The van der Waals surface area contributed by atoms with Crippen LogP contribution < -0.4 is 5.32 Å². The molecule has 0 fully saturated rings. The van der Waals surface area contributed by atoms with Gasteiger partial charge in [-0.25, -0.2) is 4.98 Å². The van der Waals surface area contributed by atoms with Gasteiger partial charge in [0.1, 0.15) is 10.7 Å². The van der Waals surface area contributed by atoms with E-state index in [0.29, 0.717) is 6.04 Å². The van der Waals surface area contributed by atoms with Crippen LogP contribution in [-0.2, 0) is 0 Å². The molecule has 0 saturated heterocycles. The molecule has 2 rings (SSSR count). The van der Waals surface area contributed by atoms with E-state index in [1.807, 2.05) is 6.07 Å². The van der Waals surface area contributed by atoms with Crippen LogP contribution in [0.2, 0.25) is 0 Å². The minimum absolute atomic E-state index is 0.325. The molecule has 19 heavy (non-hydrogen) atoms. The Balaban J connectivity index is 2.39. The molecule has 0 bridgehead atoms. The number of thiazole rings is 1. The molecule has 0 aromatic carbocycles. The molecule has 0 amide bonds. The number of aryl methyl sites for hydroxylation is 1. The van der Waals surface area contributed by atoms with Gasteiger partial charge >= 0.3 is 0 Å². The molecule has 1 unspecified atom stereocenters. The number of aromatic nitrogens is 2. The van der Waals surface area contributed by atoms with Crippen LogP contribution in [0.15, 0.2) is 21.2 Å². The molecule has 0 saturated carbocycles. The number of nitrogens with one attached hydrogen (secondary N) is 1. The van der Waals surface area contributed by atoms with E-state index in [1.165, 1.54) is 4.88 Å². The fourth-order valence-electron chi connectivity index (χ4n) is 1.88. The van der Waals surface area contributed by atoms with Crippen LogP contribution >= 0.6 is 43.2 Å². The summed E-state index contributed by atoms with van der Waals surface area (Å²) in [7, 11) is 0. The summed E-state index contributed by atoms with van der Waals surface area (Å²) in [5, 5.41) is 4.38. The molecule has 0 aliphatic carbocycles. The summed E-state index contributed by atoms with van der Waals surface area (Å²) in [5.41, 5.74) is 1.97. The maximum atomic E-state index is 4.65. The van der Waals surface area contributed by atoms with E-state index < -0.39 is 0 Å².